The summed E-state index contributed by atoms with van der Waals surface area (Å²) in [6.07, 6.45) is 0. The Morgan fingerprint density at radius 3 is 2.52 bits per heavy atom. The van der Waals surface area contributed by atoms with Crippen molar-refractivity contribution in [2.45, 2.75) is 6.54 Å². The molecule has 0 bridgehead atoms. The van der Waals surface area contributed by atoms with E-state index in [1.165, 1.54) is 24.3 Å². The normalized spacial score (nSPS) is 10.6. The van der Waals surface area contributed by atoms with Gasteiger partial charge in [0, 0.05) is 23.9 Å². The van der Waals surface area contributed by atoms with Crippen LogP contribution in [0.25, 0.3) is 0 Å². The van der Waals surface area contributed by atoms with Crippen LogP contribution in [0.5, 0.6) is 0 Å². The summed E-state index contributed by atoms with van der Waals surface area (Å²) in [5, 5.41) is 10.6. The second-order valence-electron chi connectivity index (χ2n) is 5.86. The van der Waals surface area contributed by atoms with Gasteiger partial charge in [-0.3, -0.25) is 14.7 Å². The number of rotatable bonds is 5. The lowest BCUT2D eigenvalue weighted by Gasteiger charge is -2.07. The summed E-state index contributed by atoms with van der Waals surface area (Å²) < 4.78 is 40.2. The molecule has 11 heteroatoms. The molecule has 0 saturated carbocycles. The fourth-order valence-electron chi connectivity index (χ4n) is 2.41. The Hall–Kier alpha value is -3.53. The van der Waals surface area contributed by atoms with Crippen molar-refractivity contribution in [3.8, 4) is 0 Å². The molecule has 2 amide bonds. The molecule has 0 atom stereocenters. The number of anilines is 2. The van der Waals surface area contributed by atoms with Crippen LogP contribution in [0, 0.1) is 17.5 Å². The summed E-state index contributed by atoms with van der Waals surface area (Å²) >= 11 is 5.74. The zero-order valence-corrected chi connectivity index (χ0v) is 15.3. The van der Waals surface area contributed by atoms with E-state index >= 15 is 0 Å². The summed E-state index contributed by atoms with van der Waals surface area (Å²) in [5.41, 5.74) is 5.57. The van der Waals surface area contributed by atoms with Crippen molar-refractivity contribution < 1.29 is 22.8 Å². The van der Waals surface area contributed by atoms with E-state index in [1.54, 1.807) is 0 Å². The molecular weight excluding hydrogens is 411 g/mol. The van der Waals surface area contributed by atoms with Gasteiger partial charge in [-0.1, -0.05) is 17.7 Å². The highest BCUT2D eigenvalue weighted by molar-refractivity contribution is 6.34. The lowest BCUT2D eigenvalue weighted by atomic mass is 10.1. The highest BCUT2D eigenvalue weighted by Crippen LogP contribution is 2.21. The van der Waals surface area contributed by atoms with Crippen molar-refractivity contribution in [3.05, 3.63) is 75.7 Å². The van der Waals surface area contributed by atoms with Crippen molar-refractivity contribution in [1.29, 1.82) is 0 Å². The number of aromatic amines is 1. The third-order valence-corrected chi connectivity index (χ3v) is 4.21. The highest BCUT2D eigenvalue weighted by Gasteiger charge is 2.17. The average Bonchev–Trinajstić information content (AvgIpc) is 3.12. The third-order valence-electron chi connectivity index (χ3n) is 3.89. The van der Waals surface area contributed by atoms with Crippen LogP contribution in [-0.4, -0.2) is 22.0 Å². The Bertz CT molecular complexity index is 1080. The van der Waals surface area contributed by atoms with Crippen molar-refractivity contribution in [2.75, 3.05) is 11.1 Å². The van der Waals surface area contributed by atoms with E-state index in [0.717, 1.165) is 0 Å². The van der Waals surface area contributed by atoms with E-state index in [2.05, 4.69) is 20.8 Å². The fraction of sp³-hybridized carbons (Fsp3) is 0.0556. The fourth-order valence-corrected chi connectivity index (χ4v) is 2.65. The molecule has 3 rings (SSSR count). The van der Waals surface area contributed by atoms with Crippen LogP contribution in [0.3, 0.4) is 0 Å². The molecule has 0 aliphatic carbocycles. The maximum Gasteiger partial charge on any atom is 0.272 e. The number of carbonyl (C=O) groups is 2. The Kier molecular flexibility index (Phi) is 5.74. The molecule has 0 unspecified atom stereocenters. The van der Waals surface area contributed by atoms with Gasteiger partial charge in [0.25, 0.3) is 11.8 Å². The maximum atomic E-state index is 13.7. The minimum atomic E-state index is -1.24. The number of amides is 2. The van der Waals surface area contributed by atoms with Gasteiger partial charge in [0.2, 0.25) is 0 Å². The van der Waals surface area contributed by atoms with Crippen LogP contribution in [0.2, 0.25) is 5.02 Å². The third kappa shape index (κ3) is 4.49. The summed E-state index contributed by atoms with van der Waals surface area (Å²) in [5.74, 6) is -4.49. The second-order valence-corrected chi connectivity index (χ2v) is 6.26. The van der Waals surface area contributed by atoms with Gasteiger partial charge in [-0.15, -0.1) is 0 Å². The van der Waals surface area contributed by atoms with Gasteiger partial charge < -0.3 is 16.4 Å². The van der Waals surface area contributed by atoms with Crippen LogP contribution in [0.1, 0.15) is 26.4 Å². The van der Waals surface area contributed by atoms with Gasteiger partial charge in [0.15, 0.2) is 17.3 Å². The highest BCUT2D eigenvalue weighted by atomic mass is 35.5. The summed E-state index contributed by atoms with van der Waals surface area (Å²) in [6, 6.07) is 6.67. The van der Waals surface area contributed by atoms with E-state index < -0.39 is 29.3 Å². The average molecular weight is 424 g/mol. The van der Waals surface area contributed by atoms with E-state index in [0.29, 0.717) is 12.1 Å². The lowest BCUT2D eigenvalue weighted by molar-refractivity contribution is 0.0944. The molecular formula is C18H13ClF3N5O2. The smallest absolute Gasteiger partial charge is 0.272 e. The van der Waals surface area contributed by atoms with Crippen molar-refractivity contribution >= 4 is 34.9 Å². The first kappa shape index (κ1) is 20.2. The van der Waals surface area contributed by atoms with E-state index in [-0.39, 0.29) is 39.9 Å². The van der Waals surface area contributed by atoms with Gasteiger partial charge in [-0.2, -0.15) is 5.10 Å². The lowest BCUT2D eigenvalue weighted by Crippen LogP contribution is -2.24. The van der Waals surface area contributed by atoms with Crippen molar-refractivity contribution in [3.63, 3.8) is 0 Å². The molecule has 1 aromatic heterocycles. The molecule has 150 valence electrons. The first-order valence-corrected chi connectivity index (χ1v) is 8.46. The van der Waals surface area contributed by atoms with Crippen LogP contribution >= 0.6 is 11.6 Å². The molecule has 29 heavy (non-hydrogen) atoms. The molecule has 7 nitrogen and oxygen atoms in total. The Balaban J connectivity index is 1.67. The Morgan fingerprint density at radius 2 is 1.79 bits per heavy atom. The van der Waals surface area contributed by atoms with Gasteiger partial charge in [-0.05, 0) is 24.3 Å². The van der Waals surface area contributed by atoms with Gasteiger partial charge in [-0.25, -0.2) is 13.2 Å². The number of nitrogens with one attached hydrogen (secondary N) is 3. The molecule has 0 fully saturated rings. The number of hydrogen-bond donors (Lipinski definition) is 4. The predicted molar refractivity (Wildman–Crippen MR) is 99.9 cm³/mol. The molecule has 0 spiro atoms. The van der Waals surface area contributed by atoms with Crippen LogP contribution in [-0.2, 0) is 6.54 Å². The van der Waals surface area contributed by atoms with E-state index in [4.69, 9.17) is 17.3 Å². The zero-order valence-electron chi connectivity index (χ0n) is 14.5. The molecule has 0 aliphatic heterocycles. The number of H-pyrrole nitrogens is 1. The van der Waals surface area contributed by atoms with Gasteiger partial charge >= 0.3 is 0 Å². The number of benzene rings is 2. The molecule has 0 aliphatic rings. The Labute approximate surface area is 167 Å². The maximum absolute atomic E-state index is 13.7. The Morgan fingerprint density at radius 1 is 1.07 bits per heavy atom. The van der Waals surface area contributed by atoms with Crippen molar-refractivity contribution in [1.82, 2.24) is 15.5 Å². The van der Waals surface area contributed by atoms with E-state index in [1.807, 2.05) is 0 Å². The largest absolute Gasteiger partial charge is 0.398 e. The van der Waals surface area contributed by atoms with Gasteiger partial charge in [0.1, 0.15) is 11.6 Å². The quantitative estimate of drug-likeness (QED) is 0.372. The zero-order chi connectivity index (χ0) is 21.1. The summed E-state index contributed by atoms with van der Waals surface area (Å²) in [7, 11) is 0. The number of nitrogens with two attached hydrogens (primary N) is 1. The van der Waals surface area contributed by atoms with Crippen molar-refractivity contribution in [2.24, 2.45) is 0 Å². The number of nitrogen functional groups attached to an aromatic ring is 1. The predicted octanol–water partition coefficient (Wildman–Crippen LogP) is 3.24. The molecule has 5 N–H and O–H groups in total. The van der Waals surface area contributed by atoms with Crippen LogP contribution in [0.15, 0.2) is 36.4 Å². The van der Waals surface area contributed by atoms with Crippen LogP contribution < -0.4 is 16.4 Å². The minimum Gasteiger partial charge on any atom is -0.398 e. The standard InChI is InChI=1S/C18H13ClF3N5O2/c19-10-5-13(22)12(21)4-8(10)17(28)25-16-6-15(26-27-16)18(29)24-7-9-11(20)2-1-3-14(9)23/h1-6H,7,23H2,(H,24,29)(H2,25,26,27,28). The topological polar surface area (TPSA) is 113 Å². The SMILES string of the molecule is Nc1cccc(F)c1CNC(=O)c1cc(NC(=O)c2cc(F)c(F)cc2Cl)[nH]n1. The monoisotopic (exact) mass is 423 g/mol. The second kappa shape index (κ2) is 8.23. The van der Waals surface area contributed by atoms with Crippen LogP contribution in [0.4, 0.5) is 24.7 Å². The molecule has 1 heterocycles. The molecule has 3 aromatic rings. The van der Waals surface area contributed by atoms with E-state index in [9.17, 15) is 22.8 Å². The summed E-state index contributed by atoms with van der Waals surface area (Å²) in [6.45, 7) is -0.170. The number of nitrogens with zero attached hydrogens (tertiary/aromatic N) is 1. The first-order valence-electron chi connectivity index (χ1n) is 8.08. The number of aromatic nitrogens is 2. The molecule has 0 radical (unpaired) electrons. The number of hydrogen-bond acceptors (Lipinski definition) is 4. The molecule has 0 saturated heterocycles. The number of halogens is 4. The number of carbonyl (C=O) groups excluding carboxylic acids is 2. The summed E-state index contributed by atoms with van der Waals surface area (Å²) in [4.78, 5) is 24.3. The minimum absolute atomic E-state index is 0.00588. The molecule has 2 aromatic carbocycles. The first-order chi connectivity index (χ1) is 13.8. The van der Waals surface area contributed by atoms with Gasteiger partial charge in [0.05, 0.1) is 10.6 Å².